The second kappa shape index (κ2) is 6.44. The maximum absolute atomic E-state index is 11.4. The third-order valence-electron chi connectivity index (χ3n) is 2.76. The van der Waals surface area contributed by atoms with Crippen LogP contribution in [0.2, 0.25) is 0 Å². The van der Waals surface area contributed by atoms with Crippen molar-refractivity contribution in [2.45, 2.75) is 47.1 Å². The molecule has 2 nitrogen and oxygen atoms in total. The number of nitrogens with two attached hydrogens (primary N) is 1. The maximum Gasteiger partial charge on any atom is 0.144 e. The molecule has 0 saturated carbocycles. The van der Waals surface area contributed by atoms with Gasteiger partial charge in [0.2, 0.25) is 0 Å². The number of carbonyl (C=O) groups is 1. The minimum Gasteiger partial charge on any atom is -0.326 e. The van der Waals surface area contributed by atoms with Crippen LogP contribution >= 0.6 is 0 Å². The molecule has 0 aromatic heterocycles. The Morgan fingerprint density at radius 1 is 1.44 bits per heavy atom. The molecule has 0 radical (unpaired) electrons. The average Bonchev–Trinajstić information content (AvgIpc) is 2.57. The molecule has 0 heterocycles. The largest absolute Gasteiger partial charge is 0.326 e. The molecule has 1 aromatic carbocycles. The van der Waals surface area contributed by atoms with Gasteiger partial charge in [-0.05, 0) is 16.7 Å². The van der Waals surface area contributed by atoms with E-state index < -0.39 is 0 Å². The fourth-order valence-corrected chi connectivity index (χ4v) is 1.85. The van der Waals surface area contributed by atoms with Crippen molar-refractivity contribution < 1.29 is 6.22 Å². The Kier molecular flexibility index (Phi) is 5.97. The van der Waals surface area contributed by atoms with E-state index in [0.29, 0.717) is 18.7 Å². The Hall–Kier alpha value is -1.15. The van der Waals surface area contributed by atoms with Crippen LogP contribution in [0.5, 0.6) is 0 Å². The van der Waals surface area contributed by atoms with Gasteiger partial charge < -0.3 is 5.73 Å². The van der Waals surface area contributed by atoms with Gasteiger partial charge >= 0.3 is 0 Å². The van der Waals surface area contributed by atoms with Gasteiger partial charge in [-0.25, -0.2) is 0 Å². The van der Waals surface area contributed by atoms with Crippen molar-refractivity contribution in [3.63, 3.8) is 0 Å². The van der Waals surface area contributed by atoms with Gasteiger partial charge in [-0.15, -0.1) is 0 Å². The maximum atomic E-state index is 11.4. The van der Waals surface area contributed by atoms with Crippen LogP contribution in [0, 0.1) is 0 Å². The fourth-order valence-electron chi connectivity index (χ4n) is 1.85. The highest BCUT2D eigenvalue weighted by molar-refractivity contribution is 5.92. The molecular weight excluding hydrogens is 198 g/mol. The normalized spacial score (nSPS) is 17.0. The number of hydrogen-bond donors (Lipinski definition) is 1. The second-order valence-corrected chi connectivity index (χ2v) is 3.60. The number of rotatable bonds is 1. The summed E-state index contributed by atoms with van der Waals surface area (Å²) in [7, 11) is 0. The van der Waals surface area contributed by atoms with Gasteiger partial charge in [0.15, 0.2) is 0 Å². The van der Waals surface area contributed by atoms with Crippen LogP contribution in [-0.2, 0) is 17.8 Å². The molecule has 92 valence electrons. The molecule has 0 bridgehead atoms. The summed E-state index contributed by atoms with van der Waals surface area (Å²) in [5.74, 6) is 0.394. The van der Waals surface area contributed by atoms with E-state index in [-0.39, 0.29) is 14.8 Å². The van der Waals surface area contributed by atoms with Crippen molar-refractivity contribution in [1.29, 1.82) is 0 Å². The molecule has 0 saturated heterocycles. The monoisotopic (exact) mass is 223 g/mol. The van der Waals surface area contributed by atoms with E-state index >= 15 is 0 Å². The molecule has 0 spiro atoms. The highest BCUT2D eigenvalue weighted by atomic mass is 16.1. The zero-order chi connectivity index (χ0) is 11.4. The lowest BCUT2D eigenvalue weighted by Gasteiger charge is -2.04. The highest BCUT2D eigenvalue weighted by Crippen LogP contribution is 2.30. The summed E-state index contributed by atoms with van der Waals surface area (Å²) in [5, 5.41) is 0. The number of benzene rings is 1. The van der Waals surface area contributed by atoms with E-state index in [0.717, 1.165) is 5.56 Å². The Bertz CT molecular complexity index is 363. The third-order valence-corrected chi connectivity index (χ3v) is 2.76. The molecule has 0 fully saturated rings. The number of fused-ring (bicyclic) bond motifs is 1. The fraction of sp³-hybridized carbons (Fsp3) is 0.500. The quantitative estimate of drug-likeness (QED) is 0.794. The van der Waals surface area contributed by atoms with Gasteiger partial charge in [0.05, 0.1) is 0 Å². The molecule has 2 rings (SSSR count). The van der Waals surface area contributed by atoms with E-state index in [1.54, 1.807) is 0 Å². The zero-order valence-corrected chi connectivity index (χ0v) is 9.71. The summed E-state index contributed by atoms with van der Waals surface area (Å²) in [6, 6.07) is 6.09. The number of carbonyl (C=O) groups excluding carboxylic acids is 1. The minimum absolute atomic E-state index is 0. The molecule has 16 heavy (non-hydrogen) atoms. The summed E-state index contributed by atoms with van der Waals surface area (Å²) in [6.07, 6.45) is 0.599. The van der Waals surface area contributed by atoms with E-state index in [1.165, 1.54) is 11.1 Å². The average molecular weight is 223 g/mol. The van der Waals surface area contributed by atoms with Gasteiger partial charge in [0.25, 0.3) is 0 Å². The minimum atomic E-state index is 0. The lowest BCUT2D eigenvalue weighted by molar-refractivity contribution is -0.118. The van der Waals surface area contributed by atoms with Crippen LogP contribution in [0.25, 0.3) is 0 Å². The molecule has 1 aliphatic rings. The van der Waals surface area contributed by atoms with Crippen molar-refractivity contribution in [2.24, 2.45) is 5.73 Å². The molecule has 1 aromatic rings. The first-order valence-corrected chi connectivity index (χ1v) is 5.57. The van der Waals surface area contributed by atoms with Gasteiger partial charge in [0.1, 0.15) is 5.78 Å². The molecule has 1 unspecified atom stereocenters. The SMILES string of the molecule is C.CC.CC1C(=O)Cc2ccc(CN)cc21.[HH]. The Labute approximate surface area is 100 Å². The summed E-state index contributed by atoms with van der Waals surface area (Å²) >= 11 is 0. The topological polar surface area (TPSA) is 43.1 Å². The van der Waals surface area contributed by atoms with Crippen LogP contribution in [0.15, 0.2) is 18.2 Å². The standard InChI is InChI=1S/C11H13NO.C2H6.CH4.H2/c1-7-10-4-8(6-12)2-3-9(10)5-11(7)13;1-2;;/h2-4,7H,5-6,12H2,1H3;1-2H3;1H4;1H. The number of Topliss-reactive ketones (excluding diaryl/α,β-unsaturated/α-hetero) is 1. The first-order valence-electron chi connectivity index (χ1n) is 5.57. The van der Waals surface area contributed by atoms with E-state index in [9.17, 15) is 4.79 Å². The van der Waals surface area contributed by atoms with E-state index in [2.05, 4.69) is 6.07 Å². The van der Waals surface area contributed by atoms with E-state index in [1.807, 2.05) is 32.9 Å². The smallest absolute Gasteiger partial charge is 0.144 e. The van der Waals surface area contributed by atoms with Gasteiger partial charge in [0, 0.05) is 20.3 Å². The zero-order valence-electron chi connectivity index (χ0n) is 9.71. The molecule has 1 aliphatic carbocycles. The summed E-state index contributed by atoms with van der Waals surface area (Å²) in [4.78, 5) is 11.4. The van der Waals surface area contributed by atoms with Crippen molar-refractivity contribution in [1.82, 2.24) is 0 Å². The summed E-state index contributed by atoms with van der Waals surface area (Å²) in [6.45, 7) is 6.52. The Morgan fingerprint density at radius 3 is 2.62 bits per heavy atom. The molecular formula is C14H25NO. The lowest BCUT2D eigenvalue weighted by atomic mass is 10.0. The van der Waals surface area contributed by atoms with Gasteiger partial charge in [-0.2, -0.15) is 0 Å². The molecule has 1 atom stereocenters. The van der Waals surface area contributed by atoms with Crippen LogP contribution in [0.3, 0.4) is 0 Å². The van der Waals surface area contributed by atoms with Crippen molar-refractivity contribution in [2.75, 3.05) is 0 Å². The third kappa shape index (κ3) is 2.70. The molecule has 2 heteroatoms. The van der Waals surface area contributed by atoms with Crippen molar-refractivity contribution >= 4 is 5.78 Å². The second-order valence-electron chi connectivity index (χ2n) is 3.60. The highest BCUT2D eigenvalue weighted by Gasteiger charge is 2.26. The number of hydrogen-bond acceptors (Lipinski definition) is 2. The van der Waals surface area contributed by atoms with Crippen LogP contribution in [-0.4, -0.2) is 5.78 Å². The molecule has 2 N–H and O–H groups in total. The van der Waals surface area contributed by atoms with Crippen molar-refractivity contribution in [3.05, 3.63) is 34.9 Å². The first-order chi connectivity index (χ1) is 7.22. The van der Waals surface area contributed by atoms with Gasteiger partial charge in [-0.3, -0.25) is 4.79 Å². The Balaban J connectivity index is 0. The van der Waals surface area contributed by atoms with E-state index in [4.69, 9.17) is 5.73 Å². The lowest BCUT2D eigenvalue weighted by Crippen LogP contribution is -2.01. The summed E-state index contributed by atoms with van der Waals surface area (Å²) < 4.78 is 0. The van der Waals surface area contributed by atoms with Crippen LogP contribution in [0.4, 0.5) is 0 Å². The predicted octanol–water partition coefficient (Wildman–Crippen LogP) is 3.28. The van der Waals surface area contributed by atoms with Crippen LogP contribution < -0.4 is 5.73 Å². The first kappa shape index (κ1) is 14.8. The Morgan fingerprint density at radius 2 is 2.06 bits per heavy atom. The summed E-state index contributed by atoms with van der Waals surface area (Å²) in [5.41, 5.74) is 9.00. The molecule has 0 amide bonds. The molecule has 0 aliphatic heterocycles. The predicted molar refractivity (Wildman–Crippen MR) is 71.7 cm³/mol. The van der Waals surface area contributed by atoms with Gasteiger partial charge in [-0.1, -0.05) is 46.4 Å². The number of ketones is 1. The van der Waals surface area contributed by atoms with Crippen LogP contribution in [0.1, 0.15) is 52.2 Å². The van der Waals surface area contributed by atoms with Crippen molar-refractivity contribution in [3.8, 4) is 0 Å².